The highest BCUT2D eigenvalue weighted by Gasteiger charge is 2.19. The van der Waals surface area contributed by atoms with Gasteiger partial charge in [0, 0.05) is 13.1 Å². The van der Waals surface area contributed by atoms with Crippen molar-refractivity contribution in [3.05, 3.63) is 22.2 Å². The molecule has 6 nitrogen and oxygen atoms in total. The van der Waals surface area contributed by atoms with Crippen molar-refractivity contribution in [2.75, 3.05) is 11.9 Å². The van der Waals surface area contributed by atoms with Gasteiger partial charge in [0.1, 0.15) is 12.1 Å². The van der Waals surface area contributed by atoms with Crippen molar-refractivity contribution in [2.24, 2.45) is 0 Å². The van der Waals surface area contributed by atoms with Crippen molar-refractivity contribution in [3.8, 4) is 0 Å². The van der Waals surface area contributed by atoms with E-state index in [1.807, 2.05) is 0 Å². The van der Waals surface area contributed by atoms with Gasteiger partial charge in [0.15, 0.2) is 5.56 Å². The molecule has 6 heteroatoms. The van der Waals surface area contributed by atoms with Gasteiger partial charge in [0.2, 0.25) is 0 Å². The number of carbonyl (C=O) groups is 1. The Balaban J connectivity index is 2.62. The Labute approximate surface area is 85.6 Å². The molecule has 0 aliphatic carbocycles. The van der Waals surface area contributed by atoms with Gasteiger partial charge < -0.3 is 15.0 Å². The lowest BCUT2D eigenvalue weighted by atomic mass is 10.3. The minimum Gasteiger partial charge on any atom is -0.477 e. The summed E-state index contributed by atoms with van der Waals surface area (Å²) in [6, 6.07) is 0. The summed E-state index contributed by atoms with van der Waals surface area (Å²) < 4.78 is 1.68. The highest BCUT2D eigenvalue weighted by molar-refractivity contribution is 5.92. The molecule has 15 heavy (non-hydrogen) atoms. The van der Waals surface area contributed by atoms with Gasteiger partial charge in [-0.15, -0.1) is 0 Å². The van der Waals surface area contributed by atoms with E-state index in [9.17, 15) is 9.59 Å². The molecule has 0 bridgehead atoms. The maximum absolute atomic E-state index is 11.3. The van der Waals surface area contributed by atoms with E-state index >= 15 is 0 Å². The summed E-state index contributed by atoms with van der Waals surface area (Å²) in [5.74, 6) is -0.855. The van der Waals surface area contributed by atoms with Crippen LogP contribution in [0.15, 0.2) is 11.1 Å². The molecule has 2 heterocycles. The molecular formula is C9H11N3O3. The average Bonchev–Trinajstić information content (AvgIpc) is 2.41. The van der Waals surface area contributed by atoms with Gasteiger partial charge in [-0.2, -0.15) is 4.98 Å². The van der Waals surface area contributed by atoms with Gasteiger partial charge in [0.25, 0.3) is 5.56 Å². The first-order valence-corrected chi connectivity index (χ1v) is 4.77. The lowest BCUT2D eigenvalue weighted by Gasteiger charge is -2.11. The van der Waals surface area contributed by atoms with Crippen molar-refractivity contribution in [3.63, 3.8) is 0 Å². The Morgan fingerprint density at radius 3 is 3.07 bits per heavy atom. The third-order valence-corrected chi connectivity index (χ3v) is 2.38. The normalized spacial score (nSPS) is 14.9. The Hall–Kier alpha value is -1.85. The van der Waals surface area contributed by atoms with E-state index in [2.05, 4.69) is 10.3 Å². The maximum Gasteiger partial charge on any atom is 0.345 e. The molecule has 0 saturated heterocycles. The second kappa shape index (κ2) is 3.72. The molecule has 1 aliphatic rings. The SMILES string of the molecule is O=C(O)c1c2n(cnc1=O)CCCCN2. The fourth-order valence-corrected chi connectivity index (χ4v) is 1.66. The monoisotopic (exact) mass is 209 g/mol. The van der Waals surface area contributed by atoms with Crippen molar-refractivity contribution in [2.45, 2.75) is 19.4 Å². The van der Waals surface area contributed by atoms with Gasteiger partial charge in [-0.3, -0.25) is 4.79 Å². The largest absolute Gasteiger partial charge is 0.477 e. The molecule has 0 amide bonds. The van der Waals surface area contributed by atoms with Gasteiger partial charge in [0.05, 0.1) is 0 Å². The van der Waals surface area contributed by atoms with Crippen LogP contribution < -0.4 is 10.9 Å². The van der Waals surface area contributed by atoms with E-state index in [1.165, 1.54) is 6.33 Å². The maximum atomic E-state index is 11.3. The summed E-state index contributed by atoms with van der Waals surface area (Å²) in [4.78, 5) is 25.8. The van der Waals surface area contributed by atoms with Gasteiger partial charge in [-0.25, -0.2) is 4.79 Å². The molecule has 80 valence electrons. The number of aryl methyl sites for hydroxylation is 1. The highest BCUT2D eigenvalue weighted by atomic mass is 16.4. The number of aromatic carboxylic acids is 1. The number of aromatic nitrogens is 2. The molecule has 1 aromatic rings. The third kappa shape index (κ3) is 1.70. The summed E-state index contributed by atoms with van der Waals surface area (Å²) in [6.07, 6.45) is 3.29. The number of carboxylic acids is 1. The van der Waals surface area contributed by atoms with Crippen LogP contribution in [-0.4, -0.2) is 27.2 Å². The van der Waals surface area contributed by atoms with Crippen molar-refractivity contribution in [1.29, 1.82) is 0 Å². The van der Waals surface area contributed by atoms with E-state index in [0.29, 0.717) is 18.9 Å². The topological polar surface area (TPSA) is 84.2 Å². The predicted octanol–water partition coefficient (Wildman–Crippen LogP) is 0.147. The lowest BCUT2D eigenvalue weighted by Crippen LogP contribution is -2.24. The van der Waals surface area contributed by atoms with Crippen molar-refractivity contribution >= 4 is 11.8 Å². The quantitative estimate of drug-likeness (QED) is 0.687. The Bertz CT molecular complexity index is 452. The van der Waals surface area contributed by atoms with Crippen LogP contribution in [0.1, 0.15) is 23.2 Å². The van der Waals surface area contributed by atoms with Crippen LogP contribution in [0.2, 0.25) is 0 Å². The molecule has 0 saturated carbocycles. The van der Waals surface area contributed by atoms with Gasteiger partial charge in [-0.1, -0.05) is 0 Å². The average molecular weight is 209 g/mol. The summed E-state index contributed by atoms with van der Waals surface area (Å²) in [5, 5.41) is 11.9. The molecule has 2 N–H and O–H groups in total. The first-order valence-electron chi connectivity index (χ1n) is 4.77. The van der Waals surface area contributed by atoms with Crippen LogP contribution >= 0.6 is 0 Å². The van der Waals surface area contributed by atoms with E-state index in [-0.39, 0.29) is 5.56 Å². The molecule has 0 fully saturated rings. The Kier molecular flexibility index (Phi) is 2.40. The molecule has 2 rings (SSSR count). The second-order valence-corrected chi connectivity index (χ2v) is 3.41. The van der Waals surface area contributed by atoms with Crippen LogP contribution in [0.5, 0.6) is 0 Å². The molecule has 0 unspecified atom stereocenters. The number of carboxylic acid groups (broad SMARTS) is 1. The molecule has 0 atom stereocenters. The standard InChI is InChI=1S/C9H11N3O3/c13-8-6(9(14)15)7-10-3-1-2-4-12(7)5-11-8/h5,10H,1-4H2,(H,14,15). The molecular weight excluding hydrogens is 198 g/mol. The molecule has 1 aromatic heterocycles. The molecule has 0 spiro atoms. The zero-order chi connectivity index (χ0) is 10.8. The lowest BCUT2D eigenvalue weighted by molar-refractivity contribution is 0.0695. The number of nitrogens with one attached hydrogen (secondary N) is 1. The summed E-state index contributed by atoms with van der Waals surface area (Å²) in [5.41, 5.74) is -0.956. The smallest absolute Gasteiger partial charge is 0.345 e. The minimum absolute atomic E-state index is 0.264. The zero-order valence-electron chi connectivity index (χ0n) is 8.06. The minimum atomic E-state index is -1.23. The van der Waals surface area contributed by atoms with E-state index in [0.717, 1.165) is 12.8 Å². The van der Waals surface area contributed by atoms with Gasteiger partial charge in [-0.05, 0) is 12.8 Å². The number of anilines is 1. The fraction of sp³-hybridized carbons (Fsp3) is 0.444. The summed E-state index contributed by atoms with van der Waals surface area (Å²) in [6.45, 7) is 1.37. The van der Waals surface area contributed by atoms with Crippen LogP contribution in [-0.2, 0) is 6.54 Å². The van der Waals surface area contributed by atoms with E-state index in [4.69, 9.17) is 5.11 Å². The van der Waals surface area contributed by atoms with Crippen LogP contribution in [0.3, 0.4) is 0 Å². The number of fused-ring (bicyclic) bond motifs is 1. The summed E-state index contributed by atoms with van der Waals surface area (Å²) >= 11 is 0. The molecule has 1 aliphatic heterocycles. The van der Waals surface area contributed by atoms with Crippen molar-refractivity contribution in [1.82, 2.24) is 9.55 Å². The van der Waals surface area contributed by atoms with Gasteiger partial charge >= 0.3 is 5.97 Å². The third-order valence-electron chi connectivity index (χ3n) is 2.38. The zero-order valence-corrected chi connectivity index (χ0v) is 8.06. The summed E-state index contributed by atoms with van der Waals surface area (Å²) in [7, 11) is 0. The van der Waals surface area contributed by atoms with Crippen LogP contribution in [0, 0.1) is 0 Å². The van der Waals surface area contributed by atoms with Crippen LogP contribution in [0.25, 0.3) is 0 Å². The first-order chi connectivity index (χ1) is 7.20. The number of hydrogen-bond acceptors (Lipinski definition) is 4. The van der Waals surface area contributed by atoms with Crippen molar-refractivity contribution < 1.29 is 9.90 Å². The highest BCUT2D eigenvalue weighted by Crippen LogP contribution is 2.15. The Morgan fingerprint density at radius 2 is 2.33 bits per heavy atom. The van der Waals surface area contributed by atoms with Crippen LogP contribution in [0.4, 0.5) is 5.82 Å². The number of hydrogen-bond donors (Lipinski definition) is 2. The second-order valence-electron chi connectivity index (χ2n) is 3.41. The van der Waals surface area contributed by atoms with E-state index < -0.39 is 11.5 Å². The molecule has 0 aromatic carbocycles. The number of nitrogens with zero attached hydrogens (tertiary/aromatic N) is 2. The fourth-order valence-electron chi connectivity index (χ4n) is 1.66. The molecule has 0 radical (unpaired) electrons. The first kappa shape index (κ1) is 9.70. The predicted molar refractivity (Wildman–Crippen MR) is 53.2 cm³/mol. The number of rotatable bonds is 1. The van der Waals surface area contributed by atoms with E-state index in [1.54, 1.807) is 4.57 Å². The Morgan fingerprint density at radius 1 is 1.53 bits per heavy atom.